The number of benzene rings is 1. The molecule has 0 atom stereocenters. The number of aryl methyl sites for hydroxylation is 2. The number of hydrogen-bond donors (Lipinski definition) is 0. The Morgan fingerprint density at radius 1 is 1.41 bits per heavy atom. The van der Waals surface area contributed by atoms with E-state index >= 15 is 0 Å². The van der Waals surface area contributed by atoms with E-state index in [-0.39, 0.29) is 11.3 Å². The predicted octanol–water partition coefficient (Wildman–Crippen LogP) is 0.285. The summed E-state index contributed by atoms with van der Waals surface area (Å²) in [6.45, 7) is 1.54. The largest absolute Gasteiger partial charge is 0.368 e. The molecule has 0 aliphatic carbocycles. The van der Waals surface area contributed by atoms with E-state index in [2.05, 4.69) is 10.4 Å². The van der Waals surface area contributed by atoms with E-state index in [1.807, 2.05) is 6.07 Å². The highest BCUT2D eigenvalue weighted by molar-refractivity contribution is 5.50. The second-order valence-corrected chi connectivity index (χ2v) is 3.53. The van der Waals surface area contributed by atoms with E-state index in [1.54, 1.807) is 6.92 Å². The predicted molar refractivity (Wildman–Crippen MR) is 56.0 cm³/mol. The summed E-state index contributed by atoms with van der Waals surface area (Å²) in [5.74, 6) is -0.498. The maximum atomic E-state index is 13.3. The normalized spacial score (nSPS) is 10.2. The average molecular weight is 233 g/mol. The zero-order valence-corrected chi connectivity index (χ0v) is 9.18. The van der Waals surface area contributed by atoms with Gasteiger partial charge >= 0.3 is 5.69 Å². The second kappa shape index (κ2) is 3.83. The van der Waals surface area contributed by atoms with Gasteiger partial charge in [-0.05, 0) is 35.0 Å². The Morgan fingerprint density at radius 3 is 2.65 bits per heavy atom. The van der Waals surface area contributed by atoms with Crippen LogP contribution < -0.4 is 5.69 Å². The van der Waals surface area contributed by atoms with Crippen molar-refractivity contribution in [3.05, 3.63) is 39.6 Å². The molecule has 2 rings (SSSR count). The first-order valence-electron chi connectivity index (χ1n) is 4.74. The Balaban J connectivity index is 2.76. The highest BCUT2D eigenvalue weighted by Crippen LogP contribution is 2.16. The number of hydrogen-bond acceptors (Lipinski definition) is 4. The van der Waals surface area contributed by atoms with E-state index in [0.29, 0.717) is 5.56 Å². The number of nitriles is 1. The molecule has 1 aromatic carbocycles. The first-order chi connectivity index (χ1) is 8.04. The molecule has 7 heteroatoms. The minimum Gasteiger partial charge on any atom is -0.244 e. The summed E-state index contributed by atoms with van der Waals surface area (Å²) in [4.78, 5) is 11.6. The van der Waals surface area contributed by atoms with Crippen LogP contribution >= 0.6 is 0 Å². The van der Waals surface area contributed by atoms with Gasteiger partial charge in [-0.15, -0.1) is 0 Å². The number of halogens is 1. The smallest absolute Gasteiger partial charge is 0.244 e. The maximum absolute atomic E-state index is 13.3. The summed E-state index contributed by atoms with van der Waals surface area (Å²) >= 11 is 0. The minimum atomic E-state index is -0.498. The maximum Gasteiger partial charge on any atom is 0.368 e. The van der Waals surface area contributed by atoms with Gasteiger partial charge < -0.3 is 0 Å². The van der Waals surface area contributed by atoms with Crippen molar-refractivity contribution in [2.24, 2.45) is 7.05 Å². The number of aromatic nitrogens is 4. The molecule has 0 bridgehead atoms. The third-order valence-corrected chi connectivity index (χ3v) is 2.35. The lowest BCUT2D eigenvalue weighted by Gasteiger charge is -2.04. The summed E-state index contributed by atoms with van der Waals surface area (Å²) in [5.41, 5.74) is 0.101. The Morgan fingerprint density at radius 2 is 2.12 bits per heavy atom. The second-order valence-electron chi connectivity index (χ2n) is 3.53. The van der Waals surface area contributed by atoms with Crippen LogP contribution in [-0.4, -0.2) is 19.8 Å². The number of tetrazole rings is 1. The van der Waals surface area contributed by atoms with Crippen LogP contribution in [0.4, 0.5) is 4.39 Å². The van der Waals surface area contributed by atoms with Crippen molar-refractivity contribution in [1.29, 1.82) is 5.26 Å². The van der Waals surface area contributed by atoms with Gasteiger partial charge in [0.1, 0.15) is 11.9 Å². The Bertz CT molecular complexity index is 679. The summed E-state index contributed by atoms with van der Waals surface area (Å²) < 4.78 is 15.3. The quantitative estimate of drug-likeness (QED) is 0.709. The molecular weight excluding hydrogens is 225 g/mol. The van der Waals surface area contributed by atoms with Gasteiger partial charge in [-0.3, -0.25) is 0 Å². The summed E-state index contributed by atoms with van der Waals surface area (Å²) in [6.07, 6.45) is 0. The molecule has 0 spiro atoms. The monoisotopic (exact) mass is 233 g/mol. The molecule has 0 unspecified atom stereocenters. The van der Waals surface area contributed by atoms with Gasteiger partial charge in [0.2, 0.25) is 0 Å². The number of nitrogens with zero attached hydrogens (tertiary/aromatic N) is 5. The lowest BCUT2D eigenvalue weighted by Crippen LogP contribution is -2.22. The molecule has 1 aromatic heterocycles. The molecular formula is C10H8FN5O. The number of rotatable bonds is 1. The third kappa shape index (κ3) is 1.69. The van der Waals surface area contributed by atoms with Crippen molar-refractivity contribution in [3.63, 3.8) is 0 Å². The molecule has 0 saturated carbocycles. The van der Waals surface area contributed by atoms with E-state index in [4.69, 9.17) is 5.26 Å². The fourth-order valence-corrected chi connectivity index (χ4v) is 1.40. The molecule has 0 saturated heterocycles. The van der Waals surface area contributed by atoms with Gasteiger partial charge in [0.15, 0.2) is 0 Å². The van der Waals surface area contributed by atoms with Gasteiger partial charge in [-0.2, -0.15) is 14.6 Å². The zero-order chi connectivity index (χ0) is 12.6. The van der Waals surface area contributed by atoms with Crippen molar-refractivity contribution in [3.8, 4) is 11.8 Å². The van der Waals surface area contributed by atoms with Gasteiger partial charge in [-0.25, -0.2) is 9.18 Å². The first-order valence-corrected chi connectivity index (χ1v) is 4.74. The molecule has 17 heavy (non-hydrogen) atoms. The molecule has 0 N–H and O–H groups in total. The van der Waals surface area contributed by atoms with Crippen LogP contribution in [0.2, 0.25) is 0 Å². The third-order valence-electron chi connectivity index (χ3n) is 2.35. The van der Waals surface area contributed by atoms with Gasteiger partial charge in [0.25, 0.3) is 0 Å². The van der Waals surface area contributed by atoms with Crippen LogP contribution in [0, 0.1) is 24.1 Å². The van der Waals surface area contributed by atoms with Crippen LogP contribution in [0.5, 0.6) is 0 Å². The van der Waals surface area contributed by atoms with Crippen LogP contribution in [0.1, 0.15) is 11.1 Å². The zero-order valence-electron chi connectivity index (χ0n) is 9.18. The summed E-state index contributed by atoms with van der Waals surface area (Å²) in [7, 11) is 1.44. The minimum absolute atomic E-state index is 0.0377. The van der Waals surface area contributed by atoms with Crippen LogP contribution in [0.25, 0.3) is 5.69 Å². The fourth-order valence-electron chi connectivity index (χ4n) is 1.40. The molecule has 0 fully saturated rings. The summed E-state index contributed by atoms with van der Waals surface area (Å²) in [6, 6.07) is 4.29. The van der Waals surface area contributed by atoms with E-state index < -0.39 is 11.5 Å². The summed E-state index contributed by atoms with van der Waals surface area (Å²) in [5, 5.41) is 16.0. The van der Waals surface area contributed by atoms with Gasteiger partial charge in [0.05, 0.1) is 11.3 Å². The van der Waals surface area contributed by atoms with Crippen molar-refractivity contribution >= 4 is 0 Å². The Hall–Kier alpha value is -2.49. The standard InChI is InChI=1S/C10H8FN5O/c1-6-3-9(7(5-12)4-8(6)11)16-10(17)15(2)13-14-16/h3-4H,1-2H3. The van der Waals surface area contributed by atoms with Gasteiger partial charge in [-0.1, -0.05) is 0 Å². The van der Waals surface area contributed by atoms with Crippen LogP contribution in [0.15, 0.2) is 16.9 Å². The lowest BCUT2D eigenvalue weighted by molar-refractivity contribution is 0.616. The van der Waals surface area contributed by atoms with E-state index in [0.717, 1.165) is 15.4 Å². The molecule has 0 aliphatic rings. The fraction of sp³-hybridized carbons (Fsp3) is 0.200. The molecule has 6 nitrogen and oxygen atoms in total. The molecule has 0 aliphatic heterocycles. The Labute approximate surface area is 95.5 Å². The SMILES string of the molecule is Cc1cc(-n2nnn(C)c2=O)c(C#N)cc1F. The molecule has 2 aromatic rings. The topological polar surface area (TPSA) is 76.5 Å². The molecule has 1 heterocycles. The van der Waals surface area contributed by atoms with Gasteiger partial charge in [0, 0.05) is 7.05 Å². The molecule has 86 valence electrons. The highest BCUT2D eigenvalue weighted by atomic mass is 19.1. The highest BCUT2D eigenvalue weighted by Gasteiger charge is 2.13. The lowest BCUT2D eigenvalue weighted by atomic mass is 10.1. The first kappa shape index (κ1) is 11.0. The average Bonchev–Trinajstić information content (AvgIpc) is 2.63. The Kier molecular flexibility index (Phi) is 2.48. The van der Waals surface area contributed by atoms with Crippen molar-refractivity contribution in [2.45, 2.75) is 6.92 Å². The van der Waals surface area contributed by atoms with Crippen molar-refractivity contribution in [1.82, 2.24) is 19.8 Å². The van der Waals surface area contributed by atoms with E-state index in [9.17, 15) is 9.18 Å². The molecule has 0 radical (unpaired) electrons. The van der Waals surface area contributed by atoms with Crippen molar-refractivity contribution in [2.75, 3.05) is 0 Å². The molecule has 0 amide bonds. The van der Waals surface area contributed by atoms with Crippen LogP contribution in [0.3, 0.4) is 0 Å². The van der Waals surface area contributed by atoms with Crippen molar-refractivity contribution < 1.29 is 4.39 Å². The van der Waals surface area contributed by atoms with Crippen LogP contribution in [-0.2, 0) is 7.05 Å². The van der Waals surface area contributed by atoms with E-state index in [1.165, 1.54) is 13.1 Å².